The number of carbonyl (C=O) groups is 1. The fraction of sp³-hybridized carbons (Fsp3) is 0.350. The lowest BCUT2D eigenvalue weighted by Crippen LogP contribution is -2.36. The highest BCUT2D eigenvalue weighted by atomic mass is 16.5. The largest absolute Gasteiger partial charge is 0.497 e. The van der Waals surface area contributed by atoms with Crippen LogP contribution in [0.3, 0.4) is 0 Å². The summed E-state index contributed by atoms with van der Waals surface area (Å²) in [7, 11) is 1.66. The molecule has 2 amide bonds. The molecule has 0 heterocycles. The second-order valence-corrected chi connectivity index (χ2v) is 6.26. The molecule has 2 N–H and O–H groups in total. The summed E-state index contributed by atoms with van der Waals surface area (Å²) in [6, 6.07) is 14.0. The maximum Gasteiger partial charge on any atom is 0.319 e. The van der Waals surface area contributed by atoms with Crippen molar-refractivity contribution in [3.05, 3.63) is 59.2 Å². The third kappa shape index (κ3) is 5.61. The number of amides is 2. The van der Waals surface area contributed by atoms with Crippen LogP contribution in [-0.4, -0.2) is 19.2 Å². The zero-order valence-corrected chi connectivity index (χ0v) is 14.8. The Hall–Kier alpha value is -2.49. The Kier molecular flexibility index (Phi) is 6.24. The Balaban J connectivity index is 1.80. The zero-order valence-electron chi connectivity index (χ0n) is 14.8. The molecule has 0 radical (unpaired) electrons. The average molecular weight is 326 g/mol. The molecule has 0 fully saturated rings. The summed E-state index contributed by atoms with van der Waals surface area (Å²) in [5.74, 6) is 0.859. The first-order chi connectivity index (χ1) is 11.5. The van der Waals surface area contributed by atoms with Gasteiger partial charge in [-0.05, 0) is 74.6 Å². The number of hydrogen-bond acceptors (Lipinski definition) is 2. The first-order valence-corrected chi connectivity index (χ1v) is 8.25. The molecule has 1 unspecified atom stereocenters. The predicted octanol–water partition coefficient (Wildman–Crippen LogP) is 4.45. The van der Waals surface area contributed by atoms with Gasteiger partial charge in [0.05, 0.1) is 7.11 Å². The second-order valence-electron chi connectivity index (χ2n) is 6.26. The van der Waals surface area contributed by atoms with Crippen molar-refractivity contribution in [1.82, 2.24) is 5.32 Å². The van der Waals surface area contributed by atoms with E-state index in [4.69, 9.17) is 4.74 Å². The van der Waals surface area contributed by atoms with Crippen LogP contribution >= 0.6 is 0 Å². The molecule has 0 saturated heterocycles. The highest BCUT2D eigenvalue weighted by molar-refractivity contribution is 5.89. The van der Waals surface area contributed by atoms with Crippen LogP contribution in [0.15, 0.2) is 42.5 Å². The summed E-state index contributed by atoms with van der Waals surface area (Å²) in [5, 5.41) is 5.89. The third-order valence-corrected chi connectivity index (χ3v) is 3.88. The Labute approximate surface area is 144 Å². The number of methoxy groups -OCH3 is 1. The summed E-state index contributed by atoms with van der Waals surface area (Å²) in [6.45, 7) is 6.06. The van der Waals surface area contributed by atoms with Crippen molar-refractivity contribution in [2.75, 3.05) is 12.4 Å². The maximum absolute atomic E-state index is 12.1. The normalized spacial score (nSPS) is 11.7. The Morgan fingerprint density at radius 2 is 1.71 bits per heavy atom. The van der Waals surface area contributed by atoms with E-state index in [0.29, 0.717) is 0 Å². The number of carbonyl (C=O) groups excluding carboxylic acids is 1. The first kappa shape index (κ1) is 17.9. The van der Waals surface area contributed by atoms with Gasteiger partial charge >= 0.3 is 6.03 Å². The molecule has 1 atom stereocenters. The minimum atomic E-state index is -0.165. The summed E-state index contributed by atoms with van der Waals surface area (Å²) in [5.41, 5.74) is 4.34. The van der Waals surface area contributed by atoms with Crippen LogP contribution in [0.25, 0.3) is 0 Å². The van der Waals surface area contributed by atoms with E-state index in [1.165, 1.54) is 5.56 Å². The molecule has 0 aliphatic carbocycles. The van der Waals surface area contributed by atoms with Gasteiger partial charge in [-0.15, -0.1) is 0 Å². The fourth-order valence-corrected chi connectivity index (χ4v) is 2.69. The number of benzene rings is 2. The number of aryl methyl sites for hydroxylation is 3. The van der Waals surface area contributed by atoms with Crippen LogP contribution in [-0.2, 0) is 6.42 Å². The van der Waals surface area contributed by atoms with Crippen molar-refractivity contribution in [2.45, 2.75) is 39.7 Å². The van der Waals surface area contributed by atoms with Crippen molar-refractivity contribution >= 4 is 11.7 Å². The average Bonchev–Trinajstić information content (AvgIpc) is 2.52. The van der Waals surface area contributed by atoms with Crippen molar-refractivity contribution in [1.29, 1.82) is 0 Å². The number of rotatable bonds is 6. The summed E-state index contributed by atoms with van der Waals surface area (Å²) in [6.07, 6.45) is 1.79. The van der Waals surface area contributed by atoms with E-state index in [1.807, 2.05) is 45.0 Å². The topological polar surface area (TPSA) is 50.4 Å². The fourth-order valence-electron chi connectivity index (χ4n) is 2.69. The number of nitrogens with one attached hydrogen (secondary N) is 2. The van der Waals surface area contributed by atoms with Gasteiger partial charge in [0.15, 0.2) is 0 Å². The number of hydrogen-bond donors (Lipinski definition) is 2. The molecule has 4 heteroatoms. The molecule has 0 aromatic heterocycles. The van der Waals surface area contributed by atoms with Gasteiger partial charge in [0.2, 0.25) is 0 Å². The lowest BCUT2D eigenvalue weighted by molar-refractivity contribution is 0.248. The van der Waals surface area contributed by atoms with Crippen LogP contribution in [0.5, 0.6) is 5.75 Å². The number of urea groups is 1. The molecule has 24 heavy (non-hydrogen) atoms. The smallest absolute Gasteiger partial charge is 0.319 e. The van der Waals surface area contributed by atoms with Gasteiger partial charge in [-0.25, -0.2) is 4.79 Å². The van der Waals surface area contributed by atoms with Gasteiger partial charge in [0, 0.05) is 11.7 Å². The molecule has 0 aliphatic rings. The molecule has 0 bridgehead atoms. The van der Waals surface area contributed by atoms with E-state index in [9.17, 15) is 4.79 Å². The van der Waals surface area contributed by atoms with Gasteiger partial charge in [0.25, 0.3) is 0 Å². The van der Waals surface area contributed by atoms with Crippen LogP contribution in [0, 0.1) is 13.8 Å². The van der Waals surface area contributed by atoms with E-state index in [1.54, 1.807) is 7.11 Å². The Morgan fingerprint density at radius 3 is 2.29 bits per heavy atom. The molecular formula is C20H26N2O2. The lowest BCUT2D eigenvalue weighted by Gasteiger charge is -2.15. The van der Waals surface area contributed by atoms with E-state index >= 15 is 0 Å². The summed E-state index contributed by atoms with van der Waals surface area (Å²) >= 11 is 0. The van der Waals surface area contributed by atoms with Crippen LogP contribution < -0.4 is 15.4 Å². The summed E-state index contributed by atoms with van der Waals surface area (Å²) < 4.78 is 5.16. The Bertz CT molecular complexity index is 660. The van der Waals surface area contributed by atoms with Gasteiger partial charge in [-0.1, -0.05) is 18.2 Å². The monoisotopic (exact) mass is 326 g/mol. The van der Waals surface area contributed by atoms with E-state index in [0.717, 1.165) is 35.4 Å². The minimum Gasteiger partial charge on any atom is -0.497 e. The van der Waals surface area contributed by atoms with Crippen molar-refractivity contribution in [3.63, 3.8) is 0 Å². The van der Waals surface area contributed by atoms with Gasteiger partial charge in [-0.2, -0.15) is 0 Å². The molecule has 2 aromatic rings. The molecule has 2 rings (SSSR count). The van der Waals surface area contributed by atoms with E-state index < -0.39 is 0 Å². The zero-order chi connectivity index (χ0) is 17.5. The van der Waals surface area contributed by atoms with Gasteiger partial charge in [0.1, 0.15) is 5.75 Å². The van der Waals surface area contributed by atoms with E-state index in [-0.39, 0.29) is 12.1 Å². The second kappa shape index (κ2) is 8.39. The standard InChI is InChI=1S/C20H26N2O2/c1-14-11-15(2)13-18(12-14)22-20(23)21-16(3)5-6-17-7-9-19(24-4)10-8-17/h7-13,16H,5-6H2,1-4H3,(H2,21,22,23). The first-order valence-electron chi connectivity index (χ1n) is 8.25. The molecule has 0 spiro atoms. The lowest BCUT2D eigenvalue weighted by atomic mass is 10.1. The van der Waals surface area contributed by atoms with Crippen molar-refractivity contribution in [3.8, 4) is 5.75 Å². The molecule has 2 aromatic carbocycles. The van der Waals surface area contributed by atoms with Crippen LogP contribution in [0.2, 0.25) is 0 Å². The number of ether oxygens (including phenoxy) is 1. The molecular weight excluding hydrogens is 300 g/mol. The molecule has 0 saturated carbocycles. The molecule has 4 nitrogen and oxygen atoms in total. The van der Waals surface area contributed by atoms with Crippen molar-refractivity contribution in [2.24, 2.45) is 0 Å². The number of anilines is 1. The van der Waals surface area contributed by atoms with Crippen molar-refractivity contribution < 1.29 is 9.53 Å². The van der Waals surface area contributed by atoms with Crippen LogP contribution in [0.4, 0.5) is 10.5 Å². The Morgan fingerprint density at radius 1 is 1.08 bits per heavy atom. The third-order valence-electron chi connectivity index (χ3n) is 3.88. The maximum atomic E-state index is 12.1. The molecule has 0 aliphatic heterocycles. The van der Waals surface area contributed by atoms with E-state index in [2.05, 4.69) is 28.8 Å². The highest BCUT2D eigenvalue weighted by Crippen LogP contribution is 2.15. The predicted molar refractivity (Wildman–Crippen MR) is 98.8 cm³/mol. The van der Waals surface area contributed by atoms with Gasteiger partial charge in [-0.3, -0.25) is 0 Å². The summed E-state index contributed by atoms with van der Waals surface area (Å²) in [4.78, 5) is 12.1. The highest BCUT2D eigenvalue weighted by Gasteiger charge is 2.08. The SMILES string of the molecule is COc1ccc(CCC(C)NC(=O)Nc2cc(C)cc(C)c2)cc1. The minimum absolute atomic E-state index is 0.0954. The van der Waals surface area contributed by atoms with Gasteiger partial charge < -0.3 is 15.4 Å². The van der Waals surface area contributed by atoms with Crippen LogP contribution in [0.1, 0.15) is 30.0 Å². The molecule has 128 valence electrons. The quantitative estimate of drug-likeness (QED) is 0.823.